The molecule has 0 saturated carbocycles. The van der Waals surface area contributed by atoms with Gasteiger partial charge in [-0.15, -0.1) is 0 Å². The Kier molecular flexibility index (Phi) is 5.33. The summed E-state index contributed by atoms with van der Waals surface area (Å²) in [6.45, 7) is 0. The third-order valence-electron chi connectivity index (χ3n) is 4.00. The summed E-state index contributed by atoms with van der Waals surface area (Å²) in [6.07, 6.45) is 3.06. The molecule has 0 bridgehead atoms. The van der Waals surface area contributed by atoms with Crippen LogP contribution in [0.25, 0.3) is 16.8 Å². The van der Waals surface area contributed by atoms with E-state index in [0.717, 1.165) is 10.9 Å². The smallest absolute Gasteiger partial charge is 0.332 e. The average molecular weight is 367 g/mol. The summed E-state index contributed by atoms with van der Waals surface area (Å²) >= 11 is 0. The molecule has 0 aromatic heterocycles. The third kappa shape index (κ3) is 4.09. The van der Waals surface area contributed by atoms with Crippen molar-refractivity contribution in [2.45, 2.75) is 5.66 Å². The maximum absolute atomic E-state index is 12.6. The van der Waals surface area contributed by atoms with E-state index in [1.54, 1.807) is 30.3 Å². The number of hydrogen-bond donors (Lipinski definition) is 3. The number of rotatable bonds is 5. The van der Waals surface area contributed by atoms with Gasteiger partial charge in [-0.2, -0.15) is 0 Å². The zero-order valence-electron chi connectivity index (χ0n) is 13.8. The Hall–Kier alpha value is -2.72. The molecule has 0 heterocycles. The Labute approximate surface area is 151 Å². The van der Waals surface area contributed by atoms with E-state index in [4.69, 9.17) is 0 Å². The van der Waals surface area contributed by atoms with E-state index in [2.05, 4.69) is 5.32 Å². The van der Waals surface area contributed by atoms with Gasteiger partial charge in [-0.3, -0.25) is 9.36 Å². The number of amides is 1. The molecule has 0 spiro atoms. The third-order valence-corrected chi connectivity index (χ3v) is 5.19. The number of carbonyl (C=O) groups is 1. The van der Waals surface area contributed by atoms with Crippen LogP contribution in [0.15, 0.2) is 79.0 Å². The first-order valence-electron chi connectivity index (χ1n) is 8.01. The summed E-state index contributed by atoms with van der Waals surface area (Å²) in [5.74, 6) is -0.748. The van der Waals surface area contributed by atoms with E-state index in [-0.39, 0.29) is 0 Å². The van der Waals surface area contributed by atoms with Gasteiger partial charge < -0.3 is 15.1 Å². The molecule has 1 atom stereocenters. The van der Waals surface area contributed by atoms with Crippen LogP contribution in [0.2, 0.25) is 0 Å². The van der Waals surface area contributed by atoms with Crippen LogP contribution >= 0.6 is 7.60 Å². The number of hydrogen-bond acceptors (Lipinski definition) is 2. The highest BCUT2D eigenvalue weighted by atomic mass is 31.2. The van der Waals surface area contributed by atoms with Crippen LogP contribution in [0.3, 0.4) is 0 Å². The van der Waals surface area contributed by atoms with Crippen LogP contribution in [0.5, 0.6) is 0 Å². The number of nitrogens with one attached hydrogen (secondary N) is 1. The van der Waals surface area contributed by atoms with Crippen molar-refractivity contribution in [1.82, 2.24) is 5.32 Å². The van der Waals surface area contributed by atoms with Crippen molar-refractivity contribution in [2.75, 3.05) is 0 Å². The minimum atomic E-state index is -4.72. The van der Waals surface area contributed by atoms with Crippen LogP contribution in [0.4, 0.5) is 0 Å². The van der Waals surface area contributed by atoms with Crippen LogP contribution < -0.4 is 5.32 Å². The van der Waals surface area contributed by atoms with Gasteiger partial charge in [0.15, 0.2) is 5.66 Å². The zero-order valence-corrected chi connectivity index (χ0v) is 14.7. The molecule has 5 nitrogen and oxygen atoms in total. The second-order valence-corrected chi connectivity index (χ2v) is 7.51. The molecule has 3 N–H and O–H groups in total. The van der Waals surface area contributed by atoms with Gasteiger partial charge in [0.25, 0.3) is 0 Å². The van der Waals surface area contributed by atoms with Crippen molar-refractivity contribution < 1.29 is 19.1 Å². The SMILES string of the molecule is O=C(NC=Cc1ccccc1)C(c1cccc2ccccc12)P(=O)(O)O. The summed E-state index contributed by atoms with van der Waals surface area (Å²) in [4.78, 5) is 32.2. The van der Waals surface area contributed by atoms with Crippen LogP contribution in [-0.4, -0.2) is 15.7 Å². The fourth-order valence-electron chi connectivity index (χ4n) is 2.83. The van der Waals surface area contributed by atoms with Gasteiger partial charge in [0.2, 0.25) is 5.91 Å². The predicted molar refractivity (Wildman–Crippen MR) is 102 cm³/mol. The van der Waals surface area contributed by atoms with Crippen molar-refractivity contribution in [3.05, 3.63) is 90.1 Å². The van der Waals surface area contributed by atoms with Gasteiger partial charge >= 0.3 is 7.60 Å². The molecular formula is C20H18NO4P. The molecule has 1 amide bonds. The lowest BCUT2D eigenvalue weighted by molar-refractivity contribution is -0.120. The van der Waals surface area contributed by atoms with Crippen LogP contribution in [-0.2, 0) is 9.36 Å². The van der Waals surface area contributed by atoms with E-state index >= 15 is 0 Å². The Morgan fingerprint density at radius 2 is 1.58 bits per heavy atom. The molecular weight excluding hydrogens is 349 g/mol. The second kappa shape index (κ2) is 7.67. The maximum Gasteiger partial charge on any atom is 0.342 e. The quantitative estimate of drug-likeness (QED) is 0.598. The molecule has 6 heteroatoms. The molecule has 132 valence electrons. The first-order valence-corrected chi connectivity index (χ1v) is 9.70. The zero-order chi connectivity index (χ0) is 18.6. The first kappa shape index (κ1) is 18.1. The number of benzene rings is 3. The Bertz CT molecular complexity index is 990. The number of carbonyl (C=O) groups excluding carboxylic acids is 1. The highest BCUT2D eigenvalue weighted by Crippen LogP contribution is 2.53. The van der Waals surface area contributed by atoms with Gasteiger partial charge in [-0.05, 0) is 28.0 Å². The molecule has 3 rings (SSSR count). The summed E-state index contributed by atoms with van der Waals surface area (Å²) in [5, 5.41) is 3.95. The van der Waals surface area contributed by atoms with Crippen molar-refractivity contribution >= 4 is 30.4 Å². The number of fused-ring (bicyclic) bond motifs is 1. The minimum Gasteiger partial charge on any atom is -0.332 e. The normalized spacial score (nSPS) is 13.0. The lowest BCUT2D eigenvalue weighted by atomic mass is 10.0. The lowest BCUT2D eigenvalue weighted by Crippen LogP contribution is -2.25. The Morgan fingerprint density at radius 3 is 2.31 bits per heavy atom. The van der Waals surface area contributed by atoms with Gasteiger partial charge in [-0.25, -0.2) is 0 Å². The molecule has 0 fully saturated rings. The predicted octanol–water partition coefficient (Wildman–Crippen LogP) is 3.85. The highest BCUT2D eigenvalue weighted by Gasteiger charge is 2.37. The first-order chi connectivity index (χ1) is 12.5. The van der Waals surface area contributed by atoms with E-state index in [0.29, 0.717) is 10.9 Å². The largest absolute Gasteiger partial charge is 0.342 e. The molecule has 0 aliphatic carbocycles. The molecule has 26 heavy (non-hydrogen) atoms. The van der Waals surface area contributed by atoms with E-state index in [9.17, 15) is 19.1 Å². The monoisotopic (exact) mass is 367 g/mol. The molecule has 0 aliphatic heterocycles. The highest BCUT2D eigenvalue weighted by molar-refractivity contribution is 7.53. The molecule has 3 aromatic carbocycles. The van der Waals surface area contributed by atoms with Crippen molar-refractivity contribution in [1.29, 1.82) is 0 Å². The van der Waals surface area contributed by atoms with Crippen molar-refractivity contribution in [2.24, 2.45) is 0 Å². The second-order valence-electron chi connectivity index (χ2n) is 5.81. The minimum absolute atomic E-state index is 0.307. The fourth-order valence-corrected chi connectivity index (χ4v) is 3.79. The topological polar surface area (TPSA) is 86.6 Å². The van der Waals surface area contributed by atoms with Gasteiger partial charge in [0.1, 0.15) is 0 Å². The molecule has 3 aromatic rings. The summed E-state index contributed by atoms with van der Waals surface area (Å²) in [6, 6.07) is 21.6. The van der Waals surface area contributed by atoms with Gasteiger partial charge in [0.05, 0.1) is 0 Å². The van der Waals surface area contributed by atoms with Crippen molar-refractivity contribution in [3.63, 3.8) is 0 Å². The Balaban J connectivity index is 1.92. The average Bonchev–Trinajstić information content (AvgIpc) is 2.62. The molecule has 1 unspecified atom stereocenters. The van der Waals surface area contributed by atoms with Gasteiger partial charge in [-0.1, -0.05) is 72.8 Å². The molecule has 0 saturated heterocycles. The summed E-state index contributed by atoms with van der Waals surface area (Å²) < 4.78 is 12.1. The maximum atomic E-state index is 12.6. The molecule has 0 radical (unpaired) electrons. The fraction of sp³-hybridized carbons (Fsp3) is 0.0500. The van der Waals surface area contributed by atoms with Crippen LogP contribution in [0.1, 0.15) is 16.8 Å². The molecule has 0 aliphatic rings. The van der Waals surface area contributed by atoms with E-state index in [1.807, 2.05) is 48.5 Å². The van der Waals surface area contributed by atoms with E-state index < -0.39 is 19.2 Å². The summed E-state index contributed by atoms with van der Waals surface area (Å²) in [5.41, 5.74) is -0.401. The standard InChI is InChI=1S/C20H18NO4P/c22-20(21-14-13-15-7-2-1-3-8-15)19(26(23,24)25)18-12-6-10-16-9-4-5-11-17(16)18/h1-14,19H,(H,21,22)(H2,23,24,25). The van der Waals surface area contributed by atoms with Crippen molar-refractivity contribution in [3.8, 4) is 0 Å². The van der Waals surface area contributed by atoms with Gasteiger partial charge in [0, 0.05) is 6.20 Å². The lowest BCUT2D eigenvalue weighted by Gasteiger charge is -2.19. The van der Waals surface area contributed by atoms with E-state index in [1.165, 1.54) is 6.20 Å². The summed E-state index contributed by atoms with van der Waals surface area (Å²) in [7, 11) is -4.72. The van der Waals surface area contributed by atoms with Crippen LogP contribution in [0, 0.1) is 0 Å². The Morgan fingerprint density at radius 1 is 0.923 bits per heavy atom.